The number of ether oxygens (including phenoxy) is 1. The van der Waals surface area contributed by atoms with Crippen molar-refractivity contribution in [1.82, 2.24) is 9.97 Å². The number of para-hydroxylation sites is 1. The van der Waals surface area contributed by atoms with E-state index in [0.29, 0.717) is 24.5 Å². The summed E-state index contributed by atoms with van der Waals surface area (Å²) in [5.41, 5.74) is 1.41. The zero-order valence-electron chi connectivity index (χ0n) is 14.5. The van der Waals surface area contributed by atoms with E-state index in [0.717, 1.165) is 11.4 Å². The van der Waals surface area contributed by atoms with Crippen LogP contribution in [0.15, 0.2) is 73.2 Å². The number of rotatable bonds is 7. The Hall–Kier alpha value is -3.41. The van der Waals surface area contributed by atoms with Crippen LogP contribution in [-0.4, -0.2) is 36.1 Å². The van der Waals surface area contributed by atoms with Crippen molar-refractivity contribution >= 4 is 17.4 Å². The molecule has 2 heterocycles. The smallest absolute Gasteiger partial charge is 0.258 e. The van der Waals surface area contributed by atoms with Crippen molar-refractivity contribution in [2.75, 3.05) is 30.4 Å². The van der Waals surface area contributed by atoms with E-state index in [1.165, 1.54) is 0 Å². The van der Waals surface area contributed by atoms with E-state index in [1.54, 1.807) is 42.7 Å². The molecule has 26 heavy (non-hydrogen) atoms. The predicted molar refractivity (Wildman–Crippen MR) is 102 cm³/mol. The Bertz CT molecular complexity index is 841. The first-order valence-corrected chi connectivity index (χ1v) is 8.30. The van der Waals surface area contributed by atoms with Crippen molar-refractivity contribution in [3.05, 3.63) is 78.8 Å². The molecule has 1 amide bonds. The first kappa shape index (κ1) is 17.4. The molecule has 3 aromatic rings. The lowest BCUT2D eigenvalue weighted by molar-refractivity contribution is 0.0993. The zero-order chi connectivity index (χ0) is 18.2. The fourth-order valence-corrected chi connectivity index (χ4v) is 2.40. The van der Waals surface area contributed by atoms with Gasteiger partial charge in [-0.15, -0.1) is 0 Å². The number of aromatic nitrogens is 2. The fraction of sp³-hybridized carbons (Fsp3) is 0.150. The van der Waals surface area contributed by atoms with E-state index in [-0.39, 0.29) is 5.91 Å². The number of hydrogen-bond donors (Lipinski definition) is 1. The summed E-state index contributed by atoms with van der Waals surface area (Å²) in [6.45, 7) is 1.03. The molecular weight excluding hydrogens is 328 g/mol. The number of anilines is 2. The fourth-order valence-electron chi connectivity index (χ4n) is 2.40. The molecule has 0 aliphatic rings. The number of nitrogens with zero attached hydrogens (tertiary/aromatic N) is 3. The second-order valence-corrected chi connectivity index (χ2v) is 5.59. The average molecular weight is 348 g/mol. The second kappa shape index (κ2) is 8.62. The normalized spacial score (nSPS) is 10.2. The van der Waals surface area contributed by atoms with Crippen LogP contribution in [0.1, 0.15) is 10.4 Å². The first-order chi connectivity index (χ1) is 12.7. The lowest BCUT2D eigenvalue weighted by Crippen LogP contribution is -2.26. The van der Waals surface area contributed by atoms with Crippen molar-refractivity contribution in [1.29, 1.82) is 0 Å². The Kier molecular flexibility index (Phi) is 5.77. The Morgan fingerprint density at radius 1 is 1.12 bits per heavy atom. The minimum atomic E-state index is -0.0896. The number of amides is 1. The molecule has 6 heteroatoms. The van der Waals surface area contributed by atoms with Gasteiger partial charge in [0.2, 0.25) is 0 Å². The third-order valence-corrected chi connectivity index (χ3v) is 3.77. The van der Waals surface area contributed by atoms with Gasteiger partial charge in [0.25, 0.3) is 5.91 Å². The summed E-state index contributed by atoms with van der Waals surface area (Å²) in [5, 5.41) is 3.16. The van der Waals surface area contributed by atoms with Crippen LogP contribution in [0.25, 0.3) is 0 Å². The van der Waals surface area contributed by atoms with Gasteiger partial charge in [-0.1, -0.05) is 18.2 Å². The van der Waals surface area contributed by atoms with Crippen molar-refractivity contribution in [2.45, 2.75) is 0 Å². The minimum absolute atomic E-state index is 0.0896. The average Bonchev–Trinajstić information content (AvgIpc) is 2.72. The lowest BCUT2D eigenvalue weighted by Gasteiger charge is -2.17. The third kappa shape index (κ3) is 4.57. The highest BCUT2D eigenvalue weighted by molar-refractivity contribution is 6.06. The maximum atomic E-state index is 12.7. The van der Waals surface area contributed by atoms with Crippen molar-refractivity contribution in [3.8, 4) is 5.75 Å². The Balaban J connectivity index is 1.56. The number of benzene rings is 1. The summed E-state index contributed by atoms with van der Waals surface area (Å²) in [7, 11) is 1.76. The molecule has 0 fully saturated rings. The van der Waals surface area contributed by atoms with E-state index < -0.39 is 0 Å². The molecule has 0 saturated carbocycles. The molecule has 0 radical (unpaired) electrons. The van der Waals surface area contributed by atoms with Gasteiger partial charge in [-0.2, -0.15) is 0 Å². The number of carbonyl (C=O) groups is 1. The van der Waals surface area contributed by atoms with Crippen LogP contribution >= 0.6 is 0 Å². The Labute approximate surface area is 152 Å². The third-order valence-electron chi connectivity index (χ3n) is 3.77. The molecule has 0 bridgehead atoms. The molecule has 6 nitrogen and oxygen atoms in total. The molecule has 3 rings (SSSR count). The second-order valence-electron chi connectivity index (χ2n) is 5.59. The molecule has 0 aliphatic carbocycles. The number of pyridine rings is 2. The van der Waals surface area contributed by atoms with Gasteiger partial charge in [0.05, 0.1) is 12.7 Å². The lowest BCUT2D eigenvalue weighted by atomic mass is 10.2. The molecule has 0 unspecified atom stereocenters. The van der Waals surface area contributed by atoms with Crippen molar-refractivity contribution in [2.24, 2.45) is 0 Å². The van der Waals surface area contributed by atoms with Crippen molar-refractivity contribution in [3.63, 3.8) is 0 Å². The molecule has 2 aromatic heterocycles. The molecular formula is C20H20N4O2. The maximum Gasteiger partial charge on any atom is 0.258 e. The van der Waals surface area contributed by atoms with Crippen LogP contribution in [0.2, 0.25) is 0 Å². The molecule has 1 aromatic carbocycles. The zero-order valence-corrected chi connectivity index (χ0v) is 14.5. The van der Waals surface area contributed by atoms with Gasteiger partial charge in [-0.3, -0.25) is 9.78 Å². The highest BCUT2D eigenvalue weighted by atomic mass is 16.5. The molecule has 132 valence electrons. The largest absolute Gasteiger partial charge is 0.490 e. The van der Waals surface area contributed by atoms with Crippen molar-refractivity contribution < 1.29 is 9.53 Å². The summed E-state index contributed by atoms with van der Waals surface area (Å²) < 4.78 is 5.57. The van der Waals surface area contributed by atoms with Crippen LogP contribution in [-0.2, 0) is 0 Å². The highest BCUT2D eigenvalue weighted by Gasteiger charge is 2.13. The molecule has 1 N–H and O–H groups in total. The van der Waals surface area contributed by atoms with Crippen LogP contribution in [0.4, 0.5) is 11.5 Å². The minimum Gasteiger partial charge on any atom is -0.490 e. The summed E-state index contributed by atoms with van der Waals surface area (Å²) >= 11 is 0. The van der Waals surface area contributed by atoms with E-state index in [9.17, 15) is 4.79 Å². The maximum absolute atomic E-state index is 12.7. The van der Waals surface area contributed by atoms with Gasteiger partial charge in [0.15, 0.2) is 0 Å². The van der Waals surface area contributed by atoms with Crippen LogP contribution in [0.5, 0.6) is 5.75 Å². The van der Waals surface area contributed by atoms with Gasteiger partial charge in [-0.05, 0) is 36.4 Å². The van der Waals surface area contributed by atoms with E-state index in [4.69, 9.17) is 4.74 Å². The van der Waals surface area contributed by atoms with Gasteiger partial charge >= 0.3 is 0 Å². The summed E-state index contributed by atoms with van der Waals surface area (Å²) in [4.78, 5) is 22.5. The monoisotopic (exact) mass is 348 g/mol. The summed E-state index contributed by atoms with van der Waals surface area (Å²) in [6, 6.07) is 16.6. The molecule has 0 saturated heterocycles. The summed E-state index contributed by atoms with van der Waals surface area (Å²) in [6.07, 6.45) is 4.98. The van der Waals surface area contributed by atoms with E-state index in [2.05, 4.69) is 15.3 Å². The molecule has 0 spiro atoms. The van der Waals surface area contributed by atoms with E-state index >= 15 is 0 Å². The SMILES string of the molecule is CN(C(=O)c1ccnc(NCCOc2cccnc2)c1)c1ccccc1. The quantitative estimate of drug-likeness (QED) is 0.664. The van der Waals surface area contributed by atoms with Crippen LogP contribution in [0, 0.1) is 0 Å². The van der Waals surface area contributed by atoms with Crippen LogP contribution in [0.3, 0.4) is 0 Å². The molecule has 0 aliphatic heterocycles. The molecule has 0 atom stereocenters. The Morgan fingerprint density at radius 2 is 1.96 bits per heavy atom. The summed E-state index contributed by atoms with van der Waals surface area (Å²) in [5.74, 6) is 1.26. The predicted octanol–water partition coefficient (Wildman–Crippen LogP) is 3.24. The van der Waals surface area contributed by atoms with Gasteiger partial charge in [0, 0.05) is 30.7 Å². The standard InChI is InChI=1S/C20H20N4O2/c1-24(17-6-3-2-4-7-17)20(25)16-9-11-22-19(14-16)23-12-13-26-18-8-5-10-21-15-18/h2-11,14-15H,12-13H2,1H3,(H,22,23). The van der Waals surface area contributed by atoms with Gasteiger partial charge in [0.1, 0.15) is 18.2 Å². The first-order valence-electron chi connectivity index (χ1n) is 8.30. The number of nitrogens with one attached hydrogen (secondary N) is 1. The van der Waals surface area contributed by atoms with Crippen LogP contribution < -0.4 is 15.0 Å². The Morgan fingerprint density at radius 3 is 2.73 bits per heavy atom. The van der Waals surface area contributed by atoms with Gasteiger partial charge < -0.3 is 15.0 Å². The van der Waals surface area contributed by atoms with E-state index in [1.807, 2.05) is 42.5 Å². The number of carbonyl (C=O) groups excluding carboxylic acids is 1. The number of hydrogen-bond acceptors (Lipinski definition) is 5. The topological polar surface area (TPSA) is 67.4 Å². The van der Waals surface area contributed by atoms with Gasteiger partial charge in [-0.25, -0.2) is 4.98 Å². The highest BCUT2D eigenvalue weighted by Crippen LogP contribution is 2.16.